The van der Waals surface area contributed by atoms with Crippen molar-refractivity contribution in [1.82, 2.24) is 4.90 Å². The molecule has 0 aromatic heterocycles. The largest absolute Gasteiger partial charge is 0.508 e. The van der Waals surface area contributed by atoms with Crippen molar-refractivity contribution in [2.45, 2.75) is 32.9 Å². The molecule has 6 nitrogen and oxygen atoms in total. The van der Waals surface area contributed by atoms with Gasteiger partial charge in [0.05, 0.1) is 11.1 Å². The van der Waals surface area contributed by atoms with E-state index < -0.39 is 0 Å². The van der Waals surface area contributed by atoms with Gasteiger partial charge < -0.3 is 16.1 Å². The quantitative estimate of drug-likeness (QED) is 0.247. The summed E-state index contributed by atoms with van der Waals surface area (Å²) in [6.07, 6.45) is 0. The third-order valence-electron chi connectivity index (χ3n) is 4.81. The van der Waals surface area contributed by atoms with Crippen LogP contribution in [-0.2, 0) is 13.1 Å². The highest BCUT2D eigenvalue weighted by Gasteiger charge is 2.23. The van der Waals surface area contributed by atoms with Crippen LogP contribution < -0.4 is 10.7 Å². The van der Waals surface area contributed by atoms with Gasteiger partial charge in [-0.25, -0.2) is 0 Å². The fourth-order valence-electron chi connectivity index (χ4n) is 3.43. The molecular formula is C20H24N4O2S. The highest BCUT2D eigenvalue weighted by molar-refractivity contribution is 7.79. The molecule has 3 rings (SSSR count). The zero-order chi connectivity index (χ0) is 19.7. The van der Waals surface area contributed by atoms with E-state index in [2.05, 4.69) is 29.2 Å². The van der Waals surface area contributed by atoms with Crippen molar-refractivity contribution in [3.05, 3.63) is 52.6 Å². The van der Waals surface area contributed by atoms with Crippen LogP contribution in [0.25, 0.3) is 0 Å². The molecule has 1 aliphatic heterocycles. The minimum atomic E-state index is -0.108. The zero-order valence-corrected chi connectivity index (χ0v) is 16.5. The summed E-state index contributed by atoms with van der Waals surface area (Å²) in [5.74, 6) is 6.00. The van der Waals surface area contributed by atoms with E-state index in [4.69, 9.17) is 18.1 Å². The second-order valence-corrected chi connectivity index (χ2v) is 7.35. The molecule has 1 aliphatic rings. The van der Waals surface area contributed by atoms with Crippen molar-refractivity contribution in [2.75, 3.05) is 11.9 Å². The number of hydrogen-bond donors (Lipinski definition) is 3. The number of amidine groups is 1. The van der Waals surface area contributed by atoms with Gasteiger partial charge in [0.2, 0.25) is 0 Å². The van der Waals surface area contributed by atoms with E-state index >= 15 is 0 Å². The van der Waals surface area contributed by atoms with E-state index in [9.17, 15) is 10.2 Å². The Morgan fingerprint density at radius 3 is 2.52 bits per heavy atom. The van der Waals surface area contributed by atoms with Crippen LogP contribution in [-0.4, -0.2) is 33.5 Å². The van der Waals surface area contributed by atoms with Crippen LogP contribution in [0.2, 0.25) is 0 Å². The van der Waals surface area contributed by atoms with Crippen molar-refractivity contribution in [2.24, 2.45) is 10.9 Å². The standard InChI is InChI=1S/C20H24N4O2S/c1-12(2)16-7-17(19(26)8-18(16)25)20(22-21)24(11-27)15-5-4-13-9-23(3)10-14(13)6-15/h4-8,11-12,25-26H,9-10,21H2,1-3H3/b22-20-. The van der Waals surface area contributed by atoms with Gasteiger partial charge in [0.1, 0.15) is 11.5 Å². The van der Waals surface area contributed by atoms with Crippen LogP contribution in [0.3, 0.4) is 0 Å². The number of fused-ring (bicyclic) bond motifs is 1. The summed E-state index contributed by atoms with van der Waals surface area (Å²) < 4.78 is 0. The number of phenolic OH excluding ortho intramolecular Hbond substituents is 2. The Balaban J connectivity index is 2.06. The van der Waals surface area contributed by atoms with Crippen molar-refractivity contribution in [3.8, 4) is 11.5 Å². The molecule has 0 bridgehead atoms. The first-order valence-electron chi connectivity index (χ1n) is 8.74. The summed E-state index contributed by atoms with van der Waals surface area (Å²) in [4.78, 5) is 3.90. The molecule has 0 fully saturated rings. The second kappa shape index (κ2) is 7.54. The van der Waals surface area contributed by atoms with Crippen LogP contribution in [0, 0.1) is 0 Å². The molecule has 0 spiro atoms. The highest BCUT2D eigenvalue weighted by Crippen LogP contribution is 2.34. The first-order chi connectivity index (χ1) is 12.8. The Hall–Kier alpha value is -2.64. The number of hydrogen-bond acceptors (Lipinski definition) is 6. The average Bonchev–Trinajstić information content (AvgIpc) is 2.99. The number of thiocarbonyl (C=S) groups is 1. The Labute approximate surface area is 164 Å². The molecule has 0 atom stereocenters. The van der Waals surface area contributed by atoms with Gasteiger partial charge in [-0.2, -0.15) is 5.10 Å². The van der Waals surface area contributed by atoms with E-state index in [-0.39, 0.29) is 17.4 Å². The maximum absolute atomic E-state index is 10.4. The SMILES string of the molecule is CC(C)c1cc(/C(=N/N)N(C=S)c2ccc3c(c2)CN(C)C3)c(O)cc1O. The molecule has 142 valence electrons. The molecule has 2 aromatic carbocycles. The number of phenols is 2. The third kappa shape index (κ3) is 3.61. The lowest BCUT2D eigenvalue weighted by Gasteiger charge is -2.23. The molecule has 27 heavy (non-hydrogen) atoms. The van der Waals surface area contributed by atoms with Gasteiger partial charge in [0.25, 0.3) is 0 Å². The van der Waals surface area contributed by atoms with Gasteiger partial charge >= 0.3 is 0 Å². The van der Waals surface area contributed by atoms with E-state index in [0.29, 0.717) is 17.0 Å². The van der Waals surface area contributed by atoms with Gasteiger partial charge in [-0.15, -0.1) is 0 Å². The number of aromatic hydroxyl groups is 2. The predicted molar refractivity (Wildman–Crippen MR) is 112 cm³/mol. The molecule has 7 heteroatoms. The van der Waals surface area contributed by atoms with E-state index in [1.807, 2.05) is 19.9 Å². The minimum Gasteiger partial charge on any atom is -0.508 e. The van der Waals surface area contributed by atoms with Crippen LogP contribution >= 0.6 is 12.2 Å². The molecule has 2 aromatic rings. The fourth-order valence-corrected chi connectivity index (χ4v) is 3.65. The van der Waals surface area contributed by atoms with Crippen molar-refractivity contribution >= 4 is 29.2 Å². The normalized spacial score (nSPS) is 14.4. The lowest BCUT2D eigenvalue weighted by Crippen LogP contribution is -2.31. The molecular weight excluding hydrogens is 360 g/mol. The smallest absolute Gasteiger partial charge is 0.168 e. The molecule has 0 amide bonds. The van der Waals surface area contributed by atoms with Crippen LogP contribution in [0.15, 0.2) is 35.4 Å². The number of hydrazone groups is 1. The third-order valence-corrected chi connectivity index (χ3v) is 5.02. The molecule has 1 heterocycles. The highest BCUT2D eigenvalue weighted by atomic mass is 32.1. The van der Waals surface area contributed by atoms with Crippen LogP contribution in [0.1, 0.15) is 42.0 Å². The monoisotopic (exact) mass is 384 g/mol. The Morgan fingerprint density at radius 2 is 1.89 bits per heavy atom. The van der Waals surface area contributed by atoms with Crippen molar-refractivity contribution < 1.29 is 10.2 Å². The topological polar surface area (TPSA) is 85.3 Å². The predicted octanol–water partition coefficient (Wildman–Crippen LogP) is 3.25. The summed E-state index contributed by atoms with van der Waals surface area (Å²) >= 11 is 5.23. The van der Waals surface area contributed by atoms with Gasteiger partial charge in [-0.3, -0.25) is 9.80 Å². The summed E-state index contributed by atoms with van der Waals surface area (Å²) in [6.45, 7) is 5.71. The second-order valence-electron chi connectivity index (χ2n) is 7.14. The van der Waals surface area contributed by atoms with Gasteiger partial charge in [0, 0.05) is 24.8 Å². The first-order valence-corrected chi connectivity index (χ1v) is 9.21. The van der Waals surface area contributed by atoms with Gasteiger partial charge in [-0.05, 0) is 47.9 Å². The Bertz CT molecular complexity index is 911. The van der Waals surface area contributed by atoms with E-state index in [0.717, 1.165) is 18.8 Å². The van der Waals surface area contributed by atoms with Crippen LogP contribution in [0.4, 0.5) is 5.69 Å². The molecule has 0 unspecified atom stereocenters. The molecule has 0 saturated carbocycles. The molecule has 4 N–H and O–H groups in total. The number of nitrogens with zero attached hydrogens (tertiary/aromatic N) is 3. The summed E-state index contributed by atoms with van der Waals surface area (Å²) in [5.41, 5.74) is 5.90. The zero-order valence-electron chi connectivity index (χ0n) is 15.7. The Morgan fingerprint density at radius 1 is 1.19 bits per heavy atom. The molecule has 0 saturated heterocycles. The maximum atomic E-state index is 10.4. The summed E-state index contributed by atoms with van der Waals surface area (Å²) in [6, 6.07) is 9.12. The summed E-state index contributed by atoms with van der Waals surface area (Å²) in [7, 11) is 2.07. The van der Waals surface area contributed by atoms with Crippen molar-refractivity contribution in [3.63, 3.8) is 0 Å². The van der Waals surface area contributed by atoms with Gasteiger partial charge in [-0.1, -0.05) is 32.1 Å². The average molecular weight is 385 g/mol. The fraction of sp³-hybridized carbons (Fsp3) is 0.300. The van der Waals surface area contributed by atoms with Crippen LogP contribution in [0.5, 0.6) is 11.5 Å². The van der Waals surface area contributed by atoms with Gasteiger partial charge in [0.15, 0.2) is 5.84 Å². The number of nitrogens with two attached hydrogens (primary N) is 1. The molecule has 0 aliphatic carbocycles. The molecule has 0 radical (unpaired) electrons. The number of rotatable bonds is 4. The summed E-state index contributed by atoms with van der Waals surface area (Å²) in [5, 5.41) is 24.4. The number of anilines is 1. The van der Waals surface area contributed by atoms with E-state index in [1.165, 1.54) is 22.7 Å². The van der Waals surface area contributed by atoms with Crippen molar-refractivity contribution in [1.29, 1.82) is 0 Å². The van der Waals surface area contributed by atoms with E-state index in [1.54, 1.807) is 11.0 Å². The number of benzene rings is 2. The minimum absolute atomic E-state index is 0.0390. The first kappa shape index (κ1) is 19.1. The maximum Gasteiger partial charge on any atom is 0.168 e. The Kier molecular flexibility index (Phi) is 5.34. The lowest BCUT2D eigenvalue weighted by atomic mass is 9.98. The lowest BCUT2D eigenvalue weighted by molar-refractivity contribution is 0.353.